The molecule has 4 rings (SSSR count). The Kier molecular flexibility index (Phi) is 5.91. The van der Waals surface area contributed by atoms with Crippen LogP contribution in [0, 0.1) is 17.9 Å². The fraction of sp³-hybridized carbons (Fsp3) is 0.276. The van der Waals surface area contributed by atoms with Crippen LogP contribution in [0.25, 0.3) is 27.1 Å². The third kappa shape index (κ3) is 4.64. The van der Waals surface area contributed by atoms with E-state index < -0.39 is 5.89 Å². The van der Waals surface area contributed by atoms with Crippen LogP contribution < -0.4 is 0 Å². The summed E-state index contributed by atoms with van der Waals surface area (Å²) >= 11 is 0. The van der Waals surface area contributed by atoms with Gasteiger partial charge in [-0.05, 0) is 83.8 Å². The molecule has 0 unspecified atom stereocenters. The average molecular weight is 392 g/mol. The predicted octanol–water partition coefficient (Wildman–Crippen LogP) is 7.75. The SMILES string of the molecule is [2H]C1(c2cc(C#CC)cc(-c3cccc(-c4cccc(C#[N+]C)c4)c3)c2)CCCCC1. The second-order valence-corrected chi connectivity index (χ2v) is 7.84. The third-order valence-electron chi connectivity index (χ3n) is 5.70. The Bertz CT molecular complexity index is 1210. The Morgan fingerprint density at radius 3 is 2.20 bits per heavy atom. The van der Waals surface area contributed by atoms with Crippen LogP contribution in [0.5, 0.6) is 0 Å². The van der Waals surface area contributed by atoms with Gasteiger partial charge in [0, 0.05) is 6.93 Å². The van der Waals surface area contributed by atoms with Crippen LogP contribution in [0.3, 0.4) is 0 Å². The molecule has 0 saturated heterocycles. The lowest BCUT2D eigenvalue weighted by molar-refractivity contribution is 0.443. The summed E-state index contributed by atoms with van der Waals surface area (Å²) in [7, 11) is 1.74. The molecule has 0 aliphatic heterocycles. The van der Waals surface area contributed by atoms with Gasteiger partial charge in [0.25, 0.3) is 7.05 Å². The fourth-order valence-electron chi connectivity index (χ4n) is 4.26. The predicted molar refractivity (Wildman–Crippen MR) is 128 cm³/mol. The molecule has 0 atom stereocenters. The second-order valence-electron chi connectivity index (χ2n) is 7.84. The highest BCUT2D eigenvalue weighted by atomic mass is 14.6. The summed E-state index contributed by atoms with van der Waals surface area (Å²) in [6, 6.07) is 26.4. The molecule has 1 nitrogen and oxygen atoms in total. The molecule has 0 spiro atoms. The summed E-state index contributed by atoms with van der Waals surface area (Å²) in [4.78, 5) is 4.01. The normalized spacial score (nSPS) is 15.2. The quantitative estimate of drug-likeness (QED) is 0.402. The van der Waals surface area contributed by atoms with Gasteiger partial charge in [-0.3, -0.25) is 0 Å². The summed E-state index contributed by atoms with van der Waals surface area (Å²) in [5, 5.41) is 0. The maximum absolute atomic E-state index is 9.13. The summed E-state index contributed by atoms with van der Waals surface area (Å²) < 4.78 is 9.13. The van der Waals surface area contributed by atoms with Crippen LogP contribution >= 0.6 is 0 Å². The molecule has 1 aliphatic carbocycles. The van der Waals surface area contributed by atoms with Crippen LogP contribution in [0.1, 0.15) is 63.0 Å². The summed E-state index contributed by atoms with van der Waals surface area (Å²) in [5.41, 5.74) is 7.65. The molecule has 1 saturated carbocycles. The molecule has 1 fully saturated rings. The van der Waals surface area contributed by atoms with Crippen LogP contribution in [0.2, 0.25) is 0 Å². The lowest BCUT2D eigenvalue weighted by Crippen LogP contribution is -2.05. The molecule has 0 aromatic heterocycles. The smallest absolute Gasteiger partial charge is 0.101 e. The van der Waals surface area contributed by atoms with Crippen LogP contribution in [0.15, 0.2) is 66.7 Å². The van der Waals surface area contributed by atoms with Gasteiger partial charge in [-0.2, -0.15) is 0 Å². The minimum absolute atomic E-state index is 0.500. The van der Waals surface area contributed by atoms with E-state index in [2.05, 4.69) is 77.4 Å². The van der Waals surface area contributed by atoms with E-state index in [0.717, 1.165) is 64.6 Å². The van der Waals surface area contributed by atoms with Crippen molar-refractivity contribution in [2.75, 3.05) is 7.05 Å². The maximum atomic E-state index is 9.13. The van der Waals surface area contributed by atoms with E-state index in [1.807, 2.05) is 19.1 Å². The van der Waals surface area contributed by atoms with Crippen molar-refractivity contribution in [3.8, 4) is 40.2 Å². The molecule has 0 bridgehead atoms. The molecule has 0 amide bonds. The highest BCUT2D eigenvalue weighted by Crippen LogP contribution is 2.36. The van der Waals surface area contributed by atoms with Gasteiger partial charge >= 0.3 is 6.07 Å². The topological polar surface area (TPSA) is 4.36 Å². The molecular formula is C29H28N+. The first kappa shape index (κ1) is 18.7. The van der Waals surface area contributed by atoms with Crippen LogP contribution in [-0.2, 0) is 0 Å². The standard InChI is InChI=1S/C29H28N/c1-3-9-22-16-28(24-11-5-4-6-12-24)20-29(17-22)27-15-8-14-26(19-27)25-13-7-10-23(18-25)21-30-2/h7-8,10,13-20,24H,4-6,11-12H2,1-2H3/q+1/i24D. The first-order valence-corrected chi connectivity index (χ1v) is 10.8. The molecule has 3 aromatic rings. The van der Waals surface area contributed by atoms with Gasteiger partial charge in [0.05, 0.1) is 0 Å². The zero-order valence-electron chi connectivity index (χ0n) is 18.8. The van der Waals surface area contributed by atoms with Gasteiger partial charge < -0.3 is 0 Å². The Labute approximate surface area is 182 Å². The van der Waals surface area contributed by atoms with Crippen LogP contribution in [0.4, 0.5) is 0 Å². The van der Waals surface area contributed by atoms with Crippen molar-refractivity contribution >= 4 is 0 Å². The van der Waals surface area contributed by atoms with Crippen molar-refractivity contribution in [2.24, 2.45) is 0 Å². The van der Waals surface area contributed by atoms with Gasteiger partial charge in [0.15, 0.2) is 0 Å². The third-order valence-corrected chi connectivity index (χ3v) is 5.70. The Balaban J connectivity index is 1.78. The van der Waals surface area contributed by atoms with E-state index in [1.54, 1.807) is 7.05 Å². The zero-order chi connectivity index (χ0) is 21.7. The van der Waals surface area contributed by atoms with Gasteiger partial charge in [-0.1, -0.05) is 66.4 Å². The number of benzene rings is 3. The van der Waals surface area contributed by atoms with E-state index in [-0.39, 0.29) is 0 Å². The van der Waals surface area contributed by atoms with E-state index >= 15 is 0 Å². The molecule has 0 N–H and O–H groups in total. The first-order valence-electron chi connectivity index (χ1n) is 11.3. The largest absolute Gasteiger partial charge is 0.310 e. The van der Waals surface area contributed by atoms with E-state index in [0.29, 0.717) is 0 Å². The number of nitrogens with zero attached hydrogens (tertiary/aromatic N) is 1. The highest BCUT2D eigenvalue weighted by molar-refractivity contribution is 5.75. The van der Waals surface area contributed by atoms with Gasteiger partial charge in [-0.25, -0.2) is 0 Å². The van der Waals surface area contributed by atoms with Gasteiger partial charge in [0.2, 0.25) is 0 Å². The lowest BCUT2D eigenvalue weighted by atomic mass is 9.82. The maximum Gasteiger partial charge on any atom is 0.310 e. The van der Waals surface area contributed by atoms with Gasteiger partial charge in [0.1, 0.15) is 5.56 Å². The fourth-order valence-corrected chi connectivity index (χ4v) is 4.26. The lowest BCUT2D eigenvalue weighted by Gasteiger charge is -2.23. The highest BCUT2D eigenvalue weighted by Gasteiger charge is 2.17. The molecule has 30 heavy (non-hydrogen) atoms. The molecule has 1 aliphatic rings. The molecule has 0 heterocycles. The van der Waals surface area contributed by atoms with E-state index in [4.69, 9.17) is 1.37 Å². The monoisotopic (exact) mass is 391 g/mol. The first-order chi connectivity index (χ1) is 15.1. The Morgan fingerprint density at radius 1 is 0.800 bits per heavy atom. The number of hydrogen-bond donors (Lipinski definition) is 0. The second kappa shape index (κ2) is 9.47. The van der Waals surface area contributed by atoms with Crippen molar-refractivity contribution in [1.29, 1.82) is 0 Å². The summed E-state index contributed by atoms with van der Waals surface area (Å²) in [6.45, 7) is 1.87. The molecule has 3 aromatic carbocycles. The minimum Gasteiger partial charge on any atom is -0.101 e. The summed E-state index contributed by atoms with van der Waals surface area (Å²) in [5.74, 6) is 5.76. The van der Waals surface area contributed by atoms with Crippen molar-refractivity contribution < 1.29 is 1.37 Å². The average Bonchev–Trinajstić information content (AvgIpc) is 2.80. The Hall–Kier alpha value is -3.29. The molecular weight excluding hydrogens is 362 g/mol. The number of rotatable bonds is 3. The van der Waals surface area contributed by atoms with E-state index in [1.165, 1.54) is 6.42 Å². The number of hydrogen-bond acceptors (Lipinski definition) is 0. The van der Waals surface area contributed by atoms with Crippen molar-refractivity contribution in [1.82, 2.24) is 0 Å². The molecule has 0 radical (unpaired) electrons. The molecule has 1 heteroatoms. The van der Waals surface area contributed by atoms with Crippen molar-refractivity contribution in [3.63, 3.8) is 0 Å². The van der Waals surface area contributed by atoms with E-state index in [9.17, 15) is 0 Å². The van der Waals surface area contributed by atoms with Crippen molar-refractivity contribution in [2.45, 2.75) is 44.9 Å². The summed E-state index contributed by atoms with van der Waals surface area (Å²) in [6.07, 6.45) is 5.36. The Morgan fingerprint density at radius 2 is 1.47 bits per heavy atom. The molecule has 148 valence electrons. The zero-order valence-corrected chi connectivity index (χ0v) is 17.8. The van der Waals surface area contributed by atoms with Crippen molar-refractivity contribution in [3.05, 3.63) is 88.3 Å². The van der Waals surface area contributed by atoms with Crippen LogP contribution in [-0.4, -0.2) is 7.05 Å². The minimum atomic E-state index is -0.500. The van der Waals surface area contributed by atoms with Gasteiger partial charge in [-0.15, -0.1) is 5.92 Å².